The molecule has 1 N–H and O–H groups in total. The van der Waals surface area contributed by atoms with Gasteiger partial charge in [-0.2, -0.15) is 0 Å². The van der Waals surface area contributed by atoms with Crippen molar-refractivity contribution < 1.29 is 14.3 Å². The molecule has 138 valence electrons. The van der Waals surface area contributed by atoms with Crippen molar-refractivity contribution in [2.75, 3.05) is 18.5 Å². The molecule has 6 heteroatoms. The van der Waals surface area contributed by atoms with Crippen LogP contribution in [0.4, 0.5) is 5.13 Å². The number of rotatable bonds is 5. The molecule has 0 spiro atoms. The van der Waals surface area contributed by atoms with Gasteiger partial charge in [-0.3, -0.25) is 4.79 Å². The maximum atomic E-state index is 12.3. The fourth-order valence-electron chi connectivity index (χ4n) is 3.02. The van der Waals surface area contributed by atoms with E-state index in [1.165, 1.54) is 22.5 Å². The van der Waals surface area contributed by atoms with Gasteiger partial charge in [0.05, 0.1) is 6.42 Å². The van der Waals surface area contributed by atoms with Gasteiger partial charge in [0.2, 0.25) is 5.91 Å². The van der Waals surface area contributed by atoms with E-state index >= 15 is 0 Å². The fraction of sp³-hybridized carbons (Fsp3) is 0.238. The Labute approximate surface area is 162 Å². The monoisotopic (exact) mass is 380 g/mol. The lowest BCUT2D eigenvalue weighted by molar-refractivity contribution is -0.115. The van der Waals surface area contributed by atoms with Crippen molar-refractivity contribution in [3.8, 4) is 11.5 Å². The summed E-state index contributed by atoms with van der Waals surface area (Å²) in [6, 6.07) is 14.0. The number of fused-ring (bicyclic) bond motifs is 1. The van der Waals surface area contributed by atoms with Crippen molar-refractivity contribution in [2.45, 2.75) is 19.8 Å². The van der Waals surface area contributed by atoms with Crippen LogP contribution in [-0.4, -0.2) is 24.1 Å². The first-order valence-electron chi connectivity index (χ1n) is 8.84. The molecule has 3 aromatic rings. The van der Waals surface area contributed by atoms with Crippen molar-refractivity contribution in [1.82, 2.24) is 4.98 Å². The zero-order valence-corrected chi connectivity index (χ0v) is 15.8. The number of aromatic nitrogens is 1. The highest BCUT2D eigenvalue weighted by atomic mass is 32.1. The molecule has 27 heavy (non-hydrogen) atoms. The van der Waals surface area contributed by atoms with Gasteiger partial charge in [-0.25, -0.2) is 4.98 Å². The number of hydrogen-bond acceptors (Lipinski definition) is 5. The second-order valence-corrected chi connectivity index (χ2v) is 7.62. The van der Waals surface area contributed by atoms with Crippen molar-refractivity contribution >= 4 is 22.4 Å². The molecular formula is C21H20N2O3S. The van der Waals surface area contributed by atoms with Gasteiger partial charge in [0.25, 0.3) is 0 Å². The average molecular weight is 380 g/mol. The van der Waals surface area contributed by atoms with Crippen LogP contribution in [0.5, 0.6) is 11.5 Å². The van der Waals surface area contributed by atoms with Crippen LogP contribution in [0.2, 0.25) is 0 Å². The van der Waals surface area contributed by atoms with Gasteiger partial charge in [0.1, 0.15) is 13.2 Å². The molecule has 0 unspecified atom stereocenters. The number of anilines is 1. The van der Waals surface area contributed by atoms with Crippen LogP contribution in [0.3, 0.4) is 0 Å². The topological polar surface area (TPSA) is 60.5 Å². The molecule has 0 radical (unpaired) electrons. The maximum Gasteiger partial charge on any atom is 0.230 e. The maximum absolute atomic E-state index is 12.3. The van der Waals surface area contributed by atoms with Crippen LogP contribution in [-0.2, 0) is 17.6 Å². The summed E-state index contributed by atoms with van der Waals surface area (Å²) >= 11 is 1.51. The molecule has 0 saturated heterocycles. The van der Waals surface area contributed by atoms with Crippen LogP contribution in [0.15, 0.2) is 48.7 Å². The highest BCUT2D eigenvalue weighted by molar-refractivity contribution is 7.15. The van der Waals surface area contributed by atoms with Crippen LogP contribution in [0, 0.1) is 6.92 Å². The predicted octanol–water partition coefficient (Wildman–Crippen LogP) is 3.99. The first-order valence-corrected chi connectivity index (χ1v) is 9.66. The fourth-order valence-corrected chi connectivity index (χ4v) is 3.88. The number of amides is 1. The smallest absolute Gasteiger partial charge is 0.230 e. The number of hydrogen-bond donors (Lipinski definition) is 1. The molecular weight excluding hydrogens is 360 g/mol. The molecule has 2 aromatic carbocycles. The highest BCUT2D eigenvalue weighted by Gasteiger charge is 2.14. The molecule has 1 amide bonds. The number of nitrogens with zero attached hydrogens (tertiary/aromatic N) is 1. The van der Waals surface area contributed by atoms with Gasteiger partial charge in [-0.05, 0) is 30.2 Å². The zero-order chi connectivity index (χ0) is 18.6. The molecule has 5 nitrogen and oxygen atoms in total. The Morgan fingerprint density at radius 1 is 1.11 bits per heavy atom. The number of ether oxygens (including phenoxy) is 2. The predicted molar refractivity (Wildman–Crippen MR) is 106 cm³/mol. The Hall–Kier alpha value is -2.86. The van der Waals surface area contributed by atoms with Crippen molar-refractivity contribution in [3.63, 3.8) is 0 Å². The van der Waals surface area contributed by atoms with E-state index in [9.17, 15) is 4.79 Å². The molecule has 0 bridgehead atoms. The molecule has 0 saturated carbocycles. The van der Waals surface area contributed by atoms with Crippen molar-refractivity contribution in [1.29, 1.82) is 0 Å². The molecule has 1 aliphatic rings. The minimum absolute atomic E-state index is 0.0943. The third-order valence-corrected chi connectivity index (χ3v) is 5.14. The summed E-state index contributed by atoms with van der Waals surface area (Å²) in [6.45, 7) is 3.17. The lowest BCUT2D eigenvalue weighted by atomic mass is 10.1. The van der Waals surface area contributed by atoms with Crippen molar-refractivity contribution in [3.05, 3.63) is 70.2 Å². The van der Waals surface area contributed by atoms with E-state index in [-0.39, 0.29) is 12.3 Å². The summed E-state index contributed by atoms with van der Waals surface area (Å²) in [4.78, 5) is 17.8. The Balaban J connectivity index is 1.36. The molecule has 0 fully saturated rings. The van der Waals surface area contributed by atoms with Crippen LogP contribution in [0.25, 0.3) is 0 Å². The van der Waals surface area contributed by atoms with Gasteiger partial charge in [-0.15, -0.1) is 11.3 Å². The Bertz CT molecular complexity index is 968. The molecule has 1 aromatic heterocycles. The highest BCUT2D eigenvalue weighted by Crippen LogP contribution is 2.31. The summed E-state index contributed by atoms with van der Waals surface area (Å²) in [5.74, 6) is 1.33. The minimum atomic E-state index is -0.0943. The lowest BCUT2D eigenvalue weighted by Gasteiger charge is -2.18. The van der Waals surface area contributed by atoms with E-state index in [1.54, 1.807) is 0 Å². The number of aryl methyl sites for hydroxylation is 1. The molecule has 1 aliphatic heterocycles. The standard InChI is InChI=1S/C21H20N2O3S/c1-14-3-2-4-15(9-14)10-17-13-22-21(27-17)23-20(24)12-16-5-6-18-19(11-16)26-8-7-25-18/h2-6,9,11,13H,7-8,10,12H2,1H3,(H,22,23,24). The molecule has 2 heterocycles. The number of thiazole rings is 1. The van der Waals surface area contributed by atoms with Crippen LogP contribution in [0.1, 0.15) is 21.6 Å². The summed E-state index contributed by atoms with van der Waals surface area (Å²) in [6.07, 6.45) is 2.91. The summed E-state index contributed by atoms with van der Waals surface area (Å²) in [7, 11) is 0. The number of benzene rings is 2. The Kier molecular flexibility index (Phi) is 5.07. The lowest BCUT2D eigenvalue weighted by Crippen LogP contribution is -2.17. The van der Waals surface area contributed by atoms with Gasteiger partial charge < -0.3 is 14.8 Å². The summed E-state index contributed by atoms with van der Waals surface area (Å²) in [5, 5.41) is 3.51. The third-order valence-electron chi connectivity index (χ3n) is 4.23. The van der Waals surface area contributed by atoms with Crippen LogP contribution >= 0.6 is 11.3 Å². The minimum Gasteiger partial charge on any atom is -0.486 e. The van der Waals surface area contributed by atoms with Crippen LogP contribution < -0.4 is 14.8 Å². The van der Waals surface area contributed by atoms with Gasteiger partial charge >= 0.3 is 0 Å². The van der Waals surface area contributed by atoms with Crippen molar-refractivity contribution in [2.24, 2.45) is 0 Å². The van der Waals surface area contributed by atoms with Gasteiger partial charge in [0.15, 0.2) is 16.6 Å². The molecule has 0 atom stereocenters. The van der Waals surface area contributed by atoms with E-state index in [4.69, 9.17) is 9.47 Å². The summed E-state index contributed by atoms with van der Waals surface area (Å²) < 4.78 is 11.1. The van der Waals surface area contributed by atoms with E-state index in [2.05, 4.69) is 41.5 Å². The first-order chi connectivity index (χ1) is 13.2. The van der Waals surface area contributed by atoms with Gasteiger partial charge in [-0.1, -0.05) is 35.9 Å². The van der Waals surface area contributed by atoms with E-state index < -0.39 is 0 Å². The third kappa shape index (κ3) is 4.46. The SMILES string of the molecule is Cc1cccc(Cc2cnc(NC(=O)Cc3ccc4c(c3)OCCO4)s2)c1. The summed E-state index contributed by atoms with van der Waals surface area (Å²) in [5.41, 5.74) is 3.37. The molecule has 0 aliphatic carbocycles. The second-order valence-electron chi connectivity index (χ2n) is 6.50. The number of nitrogens with one attached hydrogen (secondary N) is 1. The number of carbonyl (C=O) groups excluding carboxylic acids is 1. The number of carbonyl (C=O) groups is 1. The van der Waals surface area contributed by atoms with E-state index in [1.807, 2.05) is 24.4 Å². The Morgan fingerprint density at radius 3 is 2.81 bits per heavy atom. The second kappa shape index (κ2) is 7.80. The zero-order valence-electron chi connectivity index (χ0n) is 15.0. The normalized spacial score (nSPS) is 12.6. The largest absolute Gasteiger partial charge is 0.486 e. The Morgan fingerprint density at radius 2 is 1.96 bits per heavy atom. The molecule has 4 rings (SSSR count). The van der Waals surface area contributed by atoms with E-state index in [0.717, 1.165) is 22.6 Å². The first kappa shape index (κ1) is 17.5. The van der Waals surface area contributed by atoms with E-state index in [0.29, 0.717) is 24.1 Å². The van der Waals surface area contributed by atoms with Gasteiger partial charge in [0, 0.05) is 17.5 Å². The quantitative estimate of drug-likeness (QED) is 0.727. The average Bonchev–Trinajstić information content (AvgIpc) is 3.08.